The first-order chi connectivity index (χ1) is 21.4. The van der Waals surface area contributed by atoms with E-state index >= 15 is 0 Å². The number of alkyl halides is 2. The van der Waals surface area contributed by atoms with E-state index in [9.17, 15) is 43.2 Å². The highest BCUT2D eigenvalue weighted by Crippen LogP contribution is 2.39. The van der Waals surface area contributed by atoms with Crippen LogP contribution in [-0.4, -0.2) is 51.9 Å². The van der Waals surface area contributed by atoms with Crippen molar-refractivity contribution in [3.63, 3.8) is 0 Å². The van der Waals surface area contributed by atoms with Crippen LogP contribution < -0.4 is 15.1 Å². The first-order valence-electron chi connectivity index (χ1n) is 13.7. The lowest BCUT2D eigenvalue weighted by Crippen LogP contribution is -2.54. The molecule has 45 heavy (non-hydrogen) atoms. The van der Waals surface area contributed by atoms with Gasteiger partial charge in [0.1, 0.15) is 23.8 Å². The Balaban J connectivity index is 1.59. The summed E-state index contributed by atoms with van der Waals surface area (Å²) < 4.78 is 42.1. The normalized spacial score (nSPS) is 19.6. The van der Waals surface area contributed by atoms with Crippen LogP contribution in [0.1, 0.15) is 48.4 Å². The molecule has 0 radical (unpaired) electrons. The molecule has 1 saturated heterocycles. The molecule has 230 valence electrons. The summed E-state index contributed by atoms with van der Waals surface area (Å²) >= 11 is 6.47. The number of amides is 3. The number of hydrogen-bond donors (Lipinski definition) is 2. The van der Waals surface area contributed by atoms with Crippen molar-refractivity contribution in [2.75, 3.05) is 9.80 Å². The van der Waals surface area contributed by atoms with Gasteiger partial charge in [-0.25, -0.2) is 18.2 Å². The fraction of sp³-hybridized carbons (Fsp3) is 0.290. The molecule has 0 spiro atoms. The molecule has 14 heteroatoms. The number of aromatic nitrogens is 1. The summed E-state index contributed by atoms with van der Waals surface area (Å²) in [6, 6.07) is 11.9. The third-order valence-electron chi connectivity index (χ3n) is 7.62. The van der Waals surface area contributed by atoms with Gasteiger partial charge in [0.15, 0.2) is 0 Å². The van der Waals surface area contributed by atoms with Gasteiger partial charge in [0.2, 0.25) is 11.8 Å². The predicted octanol–water partition coefficient (Wildman–Crippen LogP) is 4.16. The molecule has 2 heterocycles. The molecular weight excluding hydrogens is 613 g/mol. The molecule has 1 aliphatic carbocycles. The molecule has 1 aliphatic heterocycles. The maximum absolute atomic E-state index is 14.8. The average Bonchev–Trinajstić information content (AvgIpc) is 3.26. The third-order valence-corrected chi connectivity index (χ3v) is 7.96. The van der Waals surface area contributed by atoms with Crippen LogP contribution in [0.25, 0.3) is 0 Å². The summed E-state index contributed by atoms with van der Waals surface area (Å²) in [7, 11) is 0. The van der Waals surface area contributed by atoms with Gasteiger partial charge in [-0.1, -0.05) is 29.8 Å². The number of hydrogen-bond acceptors (Lipinski definition) is 7. The number of aliphatic hydroxyl groups excluding tert-OH is 1. The lowest BCUT2D eigenvalue weighted by molar-refractivity contribution is -0.133. The van der Waals surface area contributed by atoms with Gasteiger partial charge >= 0.3 is 0 Å². The summed E-state index contributed by atoms with van der Waals surface area (Å²) in [6.45, 7) is 0. The monoisotopic (exact) mass is 636 g/mol. The van der Waals surface area contributed by atoms with Crippen LogP contribution in [0.3, 0.4) is 0 Å². The van der Waals surface area contributed by atoms with E-state index in [1.807, 2.05) is 6.07 Å². The number of nitrogens with zero attached hydrogens (tertiary/aromatic N) is 5. The number of nitriles is 2. The standard InChI is InChI=1S/C31H24ClF3N6O4/c32-24-4-2-1-3-23(24)28(29(44)39-20-13-31(34,35)14-20)41(21-8-18(16-37)7-19(33)10-21)27(43)12-22-11-25(42)30(45)40(22)26-9-17(15-36)5-6-38-26/h1-10,20,22,25,28,42H,11-14H2,(H,39,44)/t22-,25+,28?/m0/s1. The maximum Gasteiger partial charge on any atom is 0.257 e. The van der Waals surface area contributed by atoms with E-state index in [2.05, 4.69) is 10.3 Å². The Kier molecular flexibility index (Phi) is 8.77. The Labute approximate surface area is 260 Å². The highest BCUT2D eigenvalue weighted by molar-refractivity contribution is 6.31. The zero-order valence-corrected chi connectivity index (χ0v) is 24.1. The Morgan fingerprint density at radius 1 is 1.13 bits per heavy atom. The Hall–Kier alpha value is -4.98. The van der Waals surface area contributed by atoms with Crippen molar-refractivity contribution in [1.29, 1.82) is 10.5 Å². The van der Waals surface area contributed by atoms with Crippen molar-refractivity contribution in [1.82, 2.24) is 10.3 Å². The minimum absolute atomic E-state index is 0.00350. The van der Waals surface area contributed by atoms with E-state index in [4.69, 9.17) is 11.6 Å². The zero-order chi connectivity index (χ0) is 32.5. The number of carbonyl (C=O) groups is 3. The fourth-order valence-corrected chi connectivity index (χ4v) is 5.79. The summed E-state index contributed by atoms with van der Waals surface area (Å²) in [5, 5.41) is 31.9. The topological polar surface area (TPSA) is 150 Å². The second-order valence-electron chi connectivity index (χ2n) is 10.8. The van der Waals surface area contributed by atoms with Crippen molar-refractivity contribution in [2.24, 2.45) is 0 Å². The van der Waals surface area contributed by atoms with Crippen molar-refractivity contribution in [3.05, 3.63) is 88.3 Å². The maximum atomic E-state index is 14.8. The van der Waals surface area contributed by atoms with Gasteiger partial charge < -0.3 is 10.4 Å². The van der Waals surface area contributed by atoms with Crippen LogP contribution in [0, 0.1) is 28.5 Å². The van der Waals surface area contributed by atoms with Gasteiger partial charge in [-0.2, -0.15) is 10.5 Å². The molecule has 1 unspecified atom stereocenters. The second kappa shape index (κ2) is 12.6. The summed E-state index contributed by atoms with van der Waals surface area (Å²) in [4.78, 5) is 47.3. The van der Waals surface area contributed by atoms with E-state index in [0.717, 1.165) is 21.9 Å². The number of nitrogens with one attached hydrogen (secondary N) is 1. The van der Waals surface area contributed by atoms with Gasteiger partial charge in [-0.3, -0.25) is 24.2 Å². The number of rotatable bonds is 8. The van der Waals surface area contributed by atoms with Crippen LogP contribution >= 0.6 is 11.6 Å². The summed E-state index contributed by atoms with van der Waals surface area (Å²) in [5.41, 5.74) is -0.134. The molecule has 3 atom stereocenters. The van der Waals surface area contributed by atoms with Crippen molar-refractivity contribution in [3.8, 4) is 12.1 Å². The van der Waals surface area contributed by atoms with Gasteiger partial charge in [0, 0.05) is 54.2 Å². The van der Waals surface area contributed by atoms with Crippen LogP contribution in [0.5, 0.6) is 0 Å². The first kappa shape index (κ1) is 31.4. The zero-order valence-electron chi connectivity index (χ0n) is 23.3. The third kappa shape index (κ3) is 6.60. The molecular formula is C31H24ClF3N6O4. The minimum atomic E-state index is -2.96. The highest BCUT2D eigenvalue weighted by Gasteiger charge is 2.48. The van der Waals surface area contributed by atoms with Crippen LogP contribution in [0.2, 0.25) is 5.02 Å². The van der Waals surface area contributed by atoms with Gasteiger partial charge in [0.25, 0.3) is 11.8 Å². The van der Waals surface area contributed by atoms with Crippen molar-refractivity contribution < 1.29 is 32.7 Å². The average molecular weight is 637 g/mol. The summed E-state index contributed by atoms with van der Waals surface area (Å²) in [6.07, 6.45) is -2.21. The van der Waals surface area contributed by atoms with Crippen LogP contribution in [0.15, 0.2) is 60.8 Å². The molecule has 3 aromatic rings. The first-order valence-corrected chi connectivity index (χ1v) is 14.1. The predicted molar refractivity (Wildman–Crippen MR) is 154 cm³/mol. The molecule has 0 bridgehead atoms. The number of aliphatic hydroxyl groups is 1. The van der Waals surface area contributed by atoms with E-state index in [-0.39, 0.29) is 39.6 Å². The van der Waals surface area contributed by atoms with E-state index < -0.39 is 73.0 Å². The fourth-order valence-electron chi connectivity index (χ4n) is 5.55. The number of halogens is 4. The largest absolute Gasteiger partial charge is 0.383 e. The molecule has 2 aromatic carbocycles. The Morgan fingerprint density at radius 2 is 1.84 bits per heavy atom. The van der Waals surface area contributed by atoms with Crippen LogP contribution in [0.4, 0.5) is 24.7 Å². The van der Waals surface area contributed by atoms with E-state index in [1.54, 1.807) is 12.1 Å². The number of anilines is 2. The Morgan fingerprint density at radius 3 is 2.51 bits per heavy atom. The van der Waals surface area contributed by atoms with Crippen LogP contribution in [-0.2, 0) is 14.4 Å². The number of benzene rings is 2. The highest BCUT2D eigenvalue weighted by atomic mass is 35.5. The Bertz CT molecular complexity index is 1750. The number of pyridine rings is 1. The van der Waals surface area contributed by atoms with Gasteiger partial charge in [-0.05, 0) is 36.4 Å². The van der Waals surface area contributed by atoms with E-state index in [0.29, 0.717) is 0 Å². The van der Waals surface area contributed by atoms with Gasteiger partial charge in [-0.15, -0.1) is 0 Å². The number of carbonyl (C=O) groups excluding carboxylic acids is 3. The smallest absolute Gasteiger partial charge is 0.257 e. The van der Waals surface area contributed by atoms with E-state index in [1.165, 1.54) is 42.6 Å². The van der Waals surface area contributed by atoms with Gasteiger partial charge in [0.05, 0.1) is 29.3 Å². The minimum Gasteiger partial charge on any atom is -0.383 e. The summed E-state index contributed by atoms with van der Waals surface area (Å²) in [5.74, 6) is -6.37. The lowest BCUT2D eigenvalue weighted by atomic mass is 9.87. The van der Waals surface area contributed by atoms with Crippen molar-refractivity contribution in [2.45, 2.75) is 55.8 Å². The molecule has 1 aromatic heterocycles. The molecule has 10 nitrogen and oxygen atoms in total. The van der Waals surface area contributed by atoms with Crippen molar-refractivity contribution >= 4 is 40.8 Å². The molecule has 1 saturated carbocycles. The quantitative estimate of drug-likeness (QED) is 0.377. The second-order valence-corrected chi connectivity index (χ2v) is 11.2. The molecule has 2 fully saturated rings. The lowest BCUT2D eigenvalue weighted by Gasteiger charge is -2.38. The molecule has 3 amide bonds. The molecule has 5 rings (SSSR count). The molecule has 2 aliphatic rings. The SMILES string of the molecule is N#Cc1cc(F)cc(N(C(=O)C[C@@H]2C[C@@H](O)C(=O)N2c2cc(C#N)ccn2)C(C(=O)NC2CC(F)(F)C2)c2ccccc2Cl)c1. The molecule has 2 N–H and O–H groups in total.